The van der Waals surface area contributed by atoms with Crippen LogP contribution in [0.25, 0.3) is 10.6 Å². The molecule has 0 radical (unpaired) electrons. The standard InChI is InChI=1S/C15H20N2O2S/c1-4-7-16-9-12-10-17-15(20-12)13-8-11(18-2)5-6-14(13)19-3/h5-6,8,10,16H,4,7,9H2,1-3H3. The van der Waals surface area contributed by atoms with Crippen molar-refractivity contribution in [1.82, 2.24) is 10.3 Å². The Kier molecular flexibility index (Phi) is 5.38. The Bertz CT molecular complexity index is 555. The van der Waals surface area contributed by atoms with Crippen molar-refractivity contribution in [3.05, 3.63) is 29.3 Å². The van der Waals surface area contributed by atoms with Gasteiger partial charge in [0.15, 0.2) is 0 Å². The number of hydrogen-bond acceptors (Lipinski definition) is 5. The van der Waals surface area contributed by atoms with Gasteiger partial charge in [-0.1, -0.05) is 6.92 Å². The molecule has 1 aromatic heterocycles. The SMILES string of the molecule is CCCNCc1cnc(-c2cc(OC)ccc2OC)s1. The summed E-state index contributed by atoms with van der Waals surface area (Å²) < 4.78 is 10.7. The molecule has 0 aliphatic heterocycles. The molecule has 0 atom stereocenters. The van der Waals surface area contributed by atoms with Crippen molar-refractivity contribution in [3.63, 3.8) is 0 Å². The lowest BCUT2D eigenvalue weighted by Crippen LogP contribution is -2.12. The maximum absolute atomic E-state index is 5.40. The Balaban J connectivity index is 2.22. The highest BCUT2D eigenvalue weighted by molar-refractivity contribution is 7.15. The number of nitrogens with zero attached hydrogens (tertiary/aromatic N) is 1. The van der Waals surface area contributed by atoms with Gasteiger partial charge in [0.25, 0.3) is 0 Å². The molecule has 4 nitrogen and oxygen atoms in total. The van der Waals surface area contributed by atoms with Crippen LogP contribution in [0.1, 0.15) is 18.2 Å². The summed E-state index contributed by atoms with van der Waals surface area (Å²) in [5, 5.41) is 4.33. The van der Waals surface area contributed by atoms with E-state index in [1.807, 2.05) is 24.4 Å². The van der Waals surface area contributed by atoms with E-state index in [0.717, 1.165) is 41.6 Å². The quantitative estimate of drug-likeness (QED) is 0.795. The molecule has 0 spiro atoms. The number of hydrogen-bond donors (Lipinski definition) is 1. The van der Waals surface area contributed by atoms with Gasteiger partial charge in [-0.2, -0.15) is 0 Å². The molecule has 2 rings (SSSR count). The minimum Gasteiger partial charge on any atom is -0.497 e. The van der Waals surface area contributed by atoms with Crippen LogP contribution in [-0.2, 0) is 6.54 Å². The van der Waals surface area contributed by atoms with Gasteiger partial charge in [-0.15, -0.1) is 11.3 Å². The lowest BCUT2D eigenvalue weighted by Gasteiger charge is -2.08. The third-order valence-electron chi connectivity index (χ3n) is 2.92. The number of rotatable bonds is 7. The Hall–Kier alpha value is -1.59. The topological polar surface area (TPSA) is 43.4 Å². The smallest absolute Gasteiger partial charge is 0.129 e. The zero-order chi connectivity index (χ0) is 14.4. The summed E-state index contributed by atoms with van der Waals surface area (Å²) in [6, 6.07) is 5.76. The first-order chi connectivity index (χ1) is 9.78. The lowest BCUT2D eigenvalue weighted by molar-refractivity contribution is 0.404. The summed E-state index contributed by atoms with van der Waals surface area (Å²) in [5.74, 6) is 1.62. The van der Waals surface area contributed by atoms with E-state index in [0.29, 0.717) is 0 Å². The average molecular weight is 292 g/mol. The van der Waals surface area contributed by atoms with Crippen LogP contribution in [0, 0.1) is 0 Å². The van der Waals surface area contributed by atoms with E-state index in [-0.39, 0.29) is 0 Å². The van der Waals surface area contributed by atoms with Crippen LogP contribution in [0.4, 0.5) is 0 Å². The zero-order valence-corrected chi connectivity index (χ0v) is 12.9. The summed E-state index contributed by atoms with van der Waals surface area (Å²) in [6.07, 6.45) is 3.05. The predicted molar refractivity (Wildman–Crippen MR) is 82.7 cm³/mol. The lowest BCUT2D eigenvalue weighted by atomic mass is 10.2. The highest BCUT2D eigenvalue weighted by Crippen LogP contribution is 2.35. The van der Waals surface area contributed by atoms with E-state index >= 15 is 0 Å². The van der Waals surface area contributed by atoms with Crippen LogP contribution in [-0.4, -0.2) is 25.7 Å². The van der Waals surface area contributed by atoms with E-state index in [4.69, 9.17) is 9.47 Å². The first-order valence-corrected chi connectivity index (χ1v) is 7.48. The molecule has 1 aromatic carbocycles. The van der Waals surface area contributed by atoms with Crippen molar-refractivity contribution in [2.24, 2.45) is 0 Å². The summed E-state index contributed by atoms with van der Waals surface area (Å²) in [5.41, 5.74) is 0.971. The monoisotopic (exact) mass is 292 g/mol. The number of methoxy groups -OCH3 is 2. The summed E-state index contributed by atoms with van der Waals surface area (Å²) in [6.45, 7) is 4.04. The Morgan fingerprint density at radius 1 is 1.25 bits per heavy atom. The molecule has 20 heavy (non-hydrogen) atoms. The van der Waals surface area contributed by atoms with Gasteiger partial charge in [0, 0.05) is 17.6 Å². The number of benzene rings is 1. The number of nitrogens with one attached hydrogen (secondary N) is 1. The molecule has 1 heterocycles. The second kappa shape index (κ2) is 7.26. The summed E-state index contributed by atoms with van der Waals surface area (Å²) in [7, 11) is 3.33. The highest BCUT2D eigenvalue weighted by Gasteiger charge is 2.11. The van der Waals surface area contributed by atoms with E-state index in [1.165, 1.54) is 4.88 Å². The van der Waals surface area contributed by atoms with Crippen LogP contribution in [0.3, 0.4) is 0 Å². The fourth-order valence-corrected chi connectivity index (χ4v) is 2.79. The van der Waals surface area contributed by atoms with Gasteiger partial charge in [-0.25, -0.2) is 4.98 Å². The molecule has 0 amide bonds. The van der Waals surface area contributed by atoms with E-state index < -0.39 is 0 Å². The van der Waals surface area contributed by atoms with E-state index in [1.54, 1.807) is 25.6 Å². The molecular weight excluding hydrogens is 272 g/mol. The average Bonchev–Trinajstić information content (AvgIpc) is 2.95. The summed E-state index contributed by atoms with van der Waals surface area (Å²) in [4.78, 5) is 5.71. The third-order valence-corrected chi connectivity index (χ3v) is 3.95. The van der Waals surface area contributed by atoms with Gasteiger partial charge >= 0.3 is 0 Å². The molecule has 0 fully saturated rings. The van der Waals surface area contributed by atoms with Crippen LogP contribution in [0.5, 0.6) is 11.5 Å². The highest BCUT2D eigenvalue weighted by atomic mass is 32.1. The minimum atomic E-state index is 0.807. The summed E-state index contributed by atoms with van der Waals surface area (Å²) >= 11 is 1.68. The number of thiazole rings is 1. The van der Waals surface area contributed by atoms with Gasteiger partial charge < -0.3 is 14.8 Å². The normalized spacial score (nSPS) is 10.6. The predicted octanol–water partition coefficient (Wildman–Crippen LogP) is 3.33. The Morgan fingerprint density at radius 3 is 2.80 bits per heavy atom. The molecule has 2 aromatic rings. The van der Waals surface area contributed by atoms with Crippen molar-refractivity contribution in [2.45, 2.75) is 19.9 Å². The van der Waals surface area contributed by atoms with Gasteiger partial charge in [-0.05, 0) is 31.2 Å². The Morgan fingerprint density at radius 2 is 2.10 bits per heavy atom. The van der Waals surface area contributed by atoms with Gasteiger partial charge in [0.05, 0.1) is 19.8 Å². The van der Waals surface area contributed by atoms with Gasteiger partial charge in [-0.3, -0.25) is 0 Å². The zero-order valence-electron chi connectivity index (χ0n) is 12.1. The number of ether oxygens (including phenoxy) is 2. The third kappa shape index (κ3) is 3.49. The van der Waals surface area contributed by atoms with Crippen LogP contribution in [0.15, 0.2) is 24.4 Å². The molecule has 0 unspecified atom stereocenters. The van der Waals surface area contributed by atoms with Gasteiger partial charge in [0.1, 0.15) is 16.5 Å². The Labute approximate surface area is 123 Å². The van der Waals surface area contributed by atoms with E-state index in [2.05, 4.69) is 17.2 Å². The molecule has 5 heteroatoms. The molecule has 0 aliphatic rings. The maximum atomic E-state index is 5.40. The molecule has 108 valence electrons. The molecule has 0 saturated heterocycles. The maximum Gasteiger partial charge on any atom is 0.129 e. The molecule has 0 aliphatic carbocycles. The van der Waals surface area contributed by atoms with Crippen LogP contribution >= 0.6 is 11.3 Å². The number of aromatic nitrogens is 1. The van der Waals surface area contributed by atoms with Crippen molar-refractivity contribution in [3.8, 4) is 22.1 Å². The molecule has 1 N–H and O–H groups in total. The first-order valence-electron chi connectivity index (χ1n) is 6.66. The van der Waals surface area contributed by atoms with Crippen molar-refractivity contribution in [2.75, 3.05) is 20.8 Å². The first kappa shape index (κ1) is 14.8. The molecular formula is C15H20N2O2S. The van der Waals surface area contributed by atoms with Gasteiger partial charge in [0.2, 0.25) is 0 Å². The van der Waals surface area contributed by atoms with Crippen LogP contribution < -0.4 is 14.8 Å². The van der Waals surface area contributed by atoms with E-state index in [9.17, 15) is 0 Å². The van der Waals surface area contributed by atoms with Crippen molar-refractivity contribution >= 4 is 11.3 Å². The second-order valence-electron chi connectivity index (χ2n) is 4.37. The second-order valence-corrected chi connectivity index (χ2v) is 5.49. The molecule has 0 saturated carbocycles. The fourth-order valence-electron chi connectivity index (χ4n) is 1.88. The van der Waals surface area contributed by atoms with Crippen LogP contribution in [0.2, 0.25) is 0 Å². The fraction of sp³-hybridized carbons (Fsp3) is 0.400. The van der Waals surface area contributed by atoms with Crippen molar-refractivity contribution < 1.29 is 9.47 Å². The minimum absolute atomic E-state index is 0.807. The van der Waals surface area contributed by atoms with Crippen molar-refractivity contribution in [1.29, 1.82) is 0 Å². The largest absolute Gasteiger partial charge is 0.497 e. The molecule has 0 bridgehead atoms.